The second-order valence-electron chi connectivity index (χ2n) is 4.08. The molecule has 0 bridgehead atoms. The van der Waals surface area contributed by atoms with Gasteiger partial charge in [0, 0.05) is 0 Å². The van der Waals surface area contributed by atoms with Crippen LogP contribution in [0.2, 0.25) is 10.0 Å². The highest BCUT2D eigenvalue weighted by molar-refractivity contribution is 6.42. The molecule has 2 aromatic rings. The van der Waals surface area contributed by atoms with E-state index in [1.807, 2.05) is 0 Å². The SMILES string of the molecule is OCc1cc(F)c(OCc2ccc(Cl)c(Cl)c2)c(F)c1. The maximum Gasteiger partial charge on any atom is 0.191 e. The molecular weight excluding hydrogens is 309 g/mol. The Bertz CT molecular complexity index is 610. The van der Waals surface area contributed by atoms with Gasteiger partial charge < -0.3 is 9.84 Å². The van der Waals surface area contributed by atoms with E-state index < -0.39 is 24.0 Å². The normalized spacial score (nSPS) is 10.7. The number of halogens is 4. The van der Waals surface area contributed by atoms with Crippen molar-refractivity contribution >= 4 is 23.2 Å². The molecule has 0 aliphatic rings. The summed E-state index contributed by atoms with van der Waals surface area (Å²) in [6.45, 7) is -0.496. The average Bonchev–Trinajstić information content (AvgIpc) is 2.41. The van der Waals surface area contributed by atoms with Crippen LogP contribution in [0, 0.1) is 11.6 Å². The minimum absolute atomic E-state index is 0.0524. The molecule has 0 unspecified atom stereocenters. The molecule has 0 aromatic heterocycles. The Morgan fingerprint density at radius 2 is 1.60 bits per heavy atom. The van der Waals surface area contributed by atoms with E-state index in [4.69, 9.17) is 33.0 Å². The molecule has 0 aliphatic heterocycles. The van der Waals surface area contributed by atoms with Crippen LogP contribution < -0.4 is 4.74 Å². The number of hydrogen-bond donors (Lipinski definition) is 1. The van der Waals surface area contributed by atoms with Crippen molar-refractivity contribution in [2.24, 2.45) is 0 Å². The van der Waals surface area contributed by atoms with E-state index in [1.54, 1.807) is 18.2 Å². The Labute approximate surface area is 124 Å². The van der Waals surface area contributed by atoms with E-state index >= 15 is 0 Å². The lowest BCUT2D eigenvalue weighted by Gasteiger charge is -2.10. The molecule has 0 spiro atoms. The molecule has 20 heavy (non-hydrogen) atoms. The molecule has 0 saturated heterocycles. The highest BCUT2D eigenvalue weighted by Crippen LogP contribution is 2.26. The third-order valence-electron chi connectivity index (χ3n) is 2.61. The number of aliphatic hydroxyl groups excluding tert-OH is 1. The molecule has 0 amide bonds. The fraction of sp³-hybridized carbons (Fsp3) is 0.143. The first-order chi connectivity index (χ1) is 9.51. The molecule has 0 saturated carbocycles. The monoisotopic (exact) mass is 318 g/mol. The van der Waals surface area contributed by atoms with Gasteiger partial charge in [0.05, 0.1) is 16.7 Å². The summed E-state index contributed by atoms with van der Waals surface area (Å²) < 4.78 is 32.4. The third kappa shape index (κ3) is 3.39. The molecule has 2 rings (SSSR count). The van der Waals surface area contributed by atoms with Gasteiger partial charge in [-0.1, -0.05) is 29.3 Å². The Hall–Kier alpha value is -1.36. The van der Waals surface area contributed by atoms with Gasteiger partial charge in [0.25, 0.3) is 0 Å². The third-order valence-corrected chi connectivity index (χ3v) is 3.35. The van der Waals surface area contributed by atoms with Crippen LogP contribution in [-0.2, 0) is 13.2 Å². The summed E-state index contributed by atoms with van der Waals surface area (Å²) in [6.07, 6.45) is 0. The minimum atomic E-state index is -0.867. The predicted molar refractivity (Wildman–Crippen MR) is 73.1 cm³/mol. The lowest BCUT2D eigenvalue weighted by atomic mass is 10.2. The van der Waals surface area contributed by atoms with Crippen molar-refractivity contribution in [1.29, 1.82) is 0 Å². The summed E-state index contributed by atoms with van der Waals surface area (Å²) in [7, 11) is 0. The lowest BCUT2D eigenvalue weighted by Crippen LogP contribution is -2.01. The number of aliphatic hydroxyl groups is 1. The molecule has 2 nitrogen and oxygen atoms in total. The van der Waals surface area contributed by atoms with Crippen LogP contribution in [-0.4, -0.2) is 5.11 Å². The fourth-order valence-corrected chi connectivity index (χ4v) is 1.95. The van der Waals surface area contributed by atoms with Crippen molar-refractivity contribution in [2.75, 3.05) is 0 Å². The summed E-state index contributed by atoms with van der Waals surface area (Å²) >= 11 is 11.6. The second kappa shape index (κ2) is 6.39. The van der Waals surface area contributed by atoms with Gasteiger partial charge in [0.1, 0.15) is 6.61 Å². The van der Waals surface area contributed by atoms with E-state index in [2.05, 4.69) is 0 Å². The van der Waals surface area contributed by atoms with Crippen molar-refractivity contribution in [1.82, 2.24) is 0 Å². The largest absolute Gasteiger partial charge is 0.483 e. The maximum absolute atomic E-state index is 13.6. The van der Waals surface area contributed by atoms with Gasteiger partial charge in [0.15, 0.2) is 17.4 Å². The van der Waals surface area contributed by atoms with E-state index in [-0.39, 0.29) is 12.2 Å². The average molecular weight is 319 g/mol. The highest BCUT2D eigenvalue weighted by atomic mass is 35.5. The maximum atomic E-state index is 13.6. The van der Waals surface area contributed by atoms with E-state index in [9.17, 15) is 8.78 Å². The van der Waals surface area contributed by atoms with Gasteiger partial charge >= 0.3 is 0 Å². The first-order valence-corrected chi connectivity index (χ1v) is 6.42. The summed E-state index contributed by atoms with van der Waals surface area (Å²) in [6, 6.07) is 6.82. The highest BCUT2D eigenvalue weighted by Gasteiger charge is 2.13. The first-order valence-electron chi connectivity index (χ1n) is 5.66. The zero-order valence-corrected chi connectivity index (χ0v) is 11.7. The summed E-state index contributed by atoms with van der Waals surface area (Å²) in [5.74, 6) is -2.23. The molecule has 106 valence electrons. The van der Waals surface area contributed by atoms with Crippen molar-refractivity contribution in [3.8, 4) is 5.75 Å². The molecule has 0 atom stereocenters. The Balaban J connectivity index is 2.16. The summed E-state index contributed by atoms with van der Waals surface area (Å²) in [5, 5.41) is 9.57. The number of rotatable bonds is 4. The molecule has 6 heteroatoms. The zero-order chi connectivity index (χ0) is 14.7. The van der Waals surface area contributed by atoms with Crippen LogP contribution in [0.25, 0.3) is 0 Å². The van der Waals surface area contributed by atoms with Gasteiger partial charge in [-0.05, 0) is 35.4 Å². The van der Waals surface area contributed by atoms with Crippen molar-refractivity contribution in [2.45, 2.75) is 13.2 Å². The van der Waals surface area contributed by atoms with Crippen LogP contribution in [0.5, 0.6) is 5.75 Å². The zero-order valence-electron chi connectivity index (χ0n) is 10.2. The second-order valence-corrected chi connectivity index (χ2v) is 4.90. The Morgan fingerprint density at radius 1 is 0.950 bits per heavy atom. The van der Waals surface area contributed by atoms with Crippen LogP contribution in [0.3, 0.4) is 0 Å². The summed E-state index contributed by atoms with van der Waals surface area (Å²) in [5.41, 5.74) is 0.770. The van der Waals surface area contributed by atoms with Crippen molar-refractivity contribution in [3.05, 3.63) is 63.1 Å². The van der Waals surface area contributed by atoms with E-state index in [0.717, 1.165) is 12.1 Å². The molecule has 1 N–H and O–H groups in total. The van der Waals surface area contributed by atoms with Crippen LogP contribution in [0.4, 0.5) is 8.78 Å². The lowest BCUT2D eigenvalue weighted by molar-refractivity contribution is 0.266. The molecule has 0 fully saturated rings. The van der Waals surface area contributed by atoms with Crippen LogP contribution >= 0.6 is 23.2 Å². The van der Waals surface area contributed by atoms with E-state index in [0.29, 0.717) is 15.6 Å². The molecule has 0 heterocycles. The van der Waals surface area contributed by atoms with Crippen LogP contribution in [0.1, 0.15) is 11.1 Å². The molecule has 2 aromatic carbocycles. The molecule has 0 aliphatic carbocycles. The van der Waals surface area contributed by atoms with Crippen molar-refractivity contribution < 1.29 is 18.6 Å². The molecule has 0 radical (unpaired) electrons. The van der Waals surface area contributed by atoms with Crippen LogP contribution in [0.15, 0.2) is 30.3 Å². The Morgan fingerprint density at radius 3 is 2.15 bits per heavy atom. The Kier molecular flexibility index (Phi) is 4.81. The summed E-state index contributed by atoms with van der Waals surface area (Å²) in [4.78, 5) is 0. The smallest absolute Gasteiger partial charge is 0.191 e. The number of ether oxygens (including phenoxy) is 1. The quantitative estimate of drug-likeness (QED) is 0.908. The molecular formula is C14H10Cl2F2O2. The minimum Gasteiger partial charge on any atom is -0.483 e. The standard InChI is InChI=1S/C14H10Cl2F2O2/c15-10-2-1-8(3-11(10)16)7-20-14-12(17)4-9(6-19)5-13(14)18/h1-5,19H,6-7H2. The van der Waals surface area contributed by atoms with Gasteiger partial charge in [0.2, 0.25) is 0 Å². The first kappa shape index (κ1) is 15.0. The predicted octanol–water partition coefficient (Wildman–Crippen LogP) is 4.34. The van der Waals surface area contributed by atoms with Crippen molar-refractivity contribution in [3.63, 3.8) is 0 Å². The topological polar surface area (TPSA) is 29.5 Å². The van der Waals surface area contributed by atoms with Gasteiger partial charge in [-0.2, -0.15) is 0 Å². The van der Waals surface area contributed by atoms with E-state index in [1.165, 1.54) is 0 Å². The fourth-order valence-electron chi connectivity index (χ4n) is 1.63. The number of benzene rings is 2. The van der Waals surface area contributed by atoms with Gasteiger partial charge in [-0.3, -0.25) is 0 Å². The van der Waals surface area contributed by atoms with Gasteiger partial charge in [-0.25, -0.2) is 8.78 Å². The number of hydrogen-bond acceptors (Lipinski definition) is 2. The van der Waals surface area contributed by atoms with Gasteiger partial charge in [-0.15, -0.1) is 0 Å².